The number of carbonyl (C=O) groups excluding carboxylic acids is 3. The molecule has 9 nitrogen and oxygen atoms in total. The van der Waals surface area contributed by atoms with Crippen LogP contribution in [0.1, 0.15) is 50.3 Å². The second-order valence-electron chi connectivity index (χ2n) is 7.86. The van der Waals surface area contributed by atoms with Crippen molar-refractivity contribution in [2.45, 2.75) is 59.0 Å². The van der Waals surface area contributed by atoms with E-state index in [9.17, 15) is 14.4 Å². The van der Waals surface area contributed by atoms with Crippen LogP contribution in [0.3, 0.4) is 0 Å². The third-order valence-electron chi connectivity index (χ3n) is 3.78. The van der Waals surface area contributed by atoms with Crippen molar-refractivity contribution in [1.29, 1.82) is 0 Å². The highest BCUT2D eigenvalue weighted by Gasteiger charge is 2.16. The summed E-state index contributed by atoms with van der Waals surface area (Å²) in [7, 11) is 0. The van der Waals surface area contributed by atoms with E-state index in [0.29, 0.717) is 11.7 Å². The molecule has 0 spiro atoms. The molecule has 0 saturated heterocycles. The maximum atomic E-state index is 11.7. The molecule has 2 heterocycles. The second kappa shape index (κ2) is 11.7. The van der Waals surface area contributed by atoms with Crippen LogP contribution in [0.5, 0.6) is 0 Å². The van der Waals surface area contributed by atoms with Crippen LogP contribution in [0.15, 0.2) is 16.8 Å². The van der Waals surface area contributed by atoms with E-state index in [0.717, 1.165) is 31.4 Å². The van der Waals surface area contributed by atoms with Crippen LogP contribution >= 0.6 is 22.7 Å². The molecule has 2 rings (SSSR count). The van der Waals surface area contributed by atoms with Crippen molar-refractivity contribution in [2.24, 2.45) is 0 Å². The number of thiazole rings is 1. The van der Waals surface area contributed by atoms with Gasteiger partial charge in [-0.3, -0.25) is 4.79 Å². The van der Waals surface area contributed by atoms with Crippen LogP contribution in [0.4, 0.5) is 14.7 Å². The van der Waals surface area contributed by atoms with Gasteiger partial charge in [-0.15, -0.1) is 22.7 Å². The first kappa shape index (κ1) is 24.6. The maximum Gasteiger partial charge on any atom is 0.426 e. The minimum Gasteiger partial charge on any atom is -0.443 e. The number of amides is 4. The topological polar surface area (TPSA) is 121 Å². The fourth-order valence-corrected chi connectivity index (χ4v) is 4.24. The van der Waals surface area contributed by atoms with Gasteiger partial charge in [0, 0.05) is 23.7 Å². The van der Waals surface area contributed by atoms with Crippen LogP contribution in [0.2, 0.25) is 0 Å². The minimum atomic E-state index is -0.711. The number of aromatic nitrogens is 1. The van der Waals surface area contributed by atoms with Crippen LogP contribution in [-0.2, 0) is 28.8 Å². The number of ether oxygens (including phenoxy) is 1. The van der Waals surface area contributed by atoms with Crippen molar-refractivity contribution in [3.63, 3.8) is 0 Å². The predicted octanol–water partition coefficient (Wildman–Crippen LogP) is 3.62. The number of urea groups is 1. The van der Waals surface area contributed by atoms with Gasteiger partial charge in [0.05, 0.1) is 5.69 Å². The van der Waals surface area contributed by atoms with E-state index in [1.54, 1.807) is 32.1 Å². The lowest BCUT2D eigenvalue weighted by atomic mass is 10.1. The van der Waals surface area contributed by atoms with Gasteiger partial charge in [0.1, 0.15) is 5.60 Å². The van der Waals surface area contributed by atoms with Crippen molar-refractivity contribution in [2.75, 3.05) is 11.9 Å². The number of hydrogen-bond donors (Lipinski definition) is 4. The fraction of sp³-hybridized carbons (Fsp3) is 0.500. The number of rotatable bonds is 8. The quantitative estimate of drug-likeness (QED) is 0.349. The zero-order valence-corrected chi connectivity index (χ0v) is 19.8. The van der Waals surface area contributed by atoms with Crippen molar-refractivity contribution in [3.05, 3.63) is 33.0 Å². The molecule has 0 saturated carbocycles. The molecule has 0 aromatic carbocycles. The van der Waals surface area contributed by atoms with Gasteiger partial charge in [0.2, 0.25) is 5.91 Å². The largest absolute Gasteiger partial charge is 0.443 e. The molecule has 0 radical (unpaired) electrons. The Morgan fingerprint density at radius 2 is 1.84 bits per heavy atom. The highest BCUT2D eigenvalue weighted by atomic mass is 32.1. The number of anilines is 1. The standard InChI is InChI=1S/C20H29N5O4S2/c1-13(26)22-18-23-15(12-31-18)7-8-16-10-14(11-30-16)6-5-9-21-17(27)24-25-19(28)29-20(2,3)4/h10-12H,5-9H2,1-4H3,(H,25,28)(H2,21,24,27)(H,22,23,26). The predicted molar refractivity (Wildman–Crippen MR) is 122 cm³/mol. The lowest BCUT2D eigenvalue weighted by molar-refractivity contribution is -0.114. The van der Waals surface area contributed by atoms with E-state index < -0.39 is 17.7 Å². The van der Waals surface area contributed by atoms with Crippen LogP contribution < -0.4 is 21.5 Å². The van der Waals surface area contributed by atoms with Gasteiger partial charge in [-0.2, -0.15) is 0 Å². The minimum absolute atomic E-state index is 0.116. The summed E-state index contributed by atoms with van der Waals surface area (Å²) < 4.78 is 5.03. The summed E-state index contributed by atoms with van der Waals surface area (Å²) in [5, 5.41) is 10.1. The zero-order valence-electron chi connectivity index (χ0n) is 18.2. The molecule has 0 aliphatic heterocycles. The molecule has 4 N–H and O–H groups in total. The zero-order chi connectivity index (χ0) is 22.9. The molecule has 0 unspecified atom stereocenters. The Kier molecular flexibility index (Phi) is 9.25. The first-order valence-electron chi connectivity index (χ1n) is 9.92. The molecule has 11 heteroatoms. The molecular weight excluding hydrogens is 438 g/mol. The van der Waals surface area contributed by atoms with E-state index in [-0.39, 0.29) is 5.91 Å². The Morgan fingerprint density at radius 3 is 2.55 bits per heavy atom. The Balaban J connectivity index is 1.61. The summed E-state index contributed by atoms with van der Waals surface area (Å²) in [6, 6.07) is 1.69. The summed E-state index contributed by atoms with van der Waals surface area (Å²) in [5.74, 6) is -0.116. The van der Waals surface area contributed by atoms with Gasteiger partial charge in [-0.05, 0) is 63.5 Å². The Labute approximate surface area is 190 Å². The molecule has 0 bridgehead atoms. The number of hydrogen-bond acceptors (Lipinski definition) is 7. The molecule has 170 valence electrons. The molecule has 0 atom stereocenters. The van der Waals surface area contributed by atoms with Crippen molar-refractivity contribution < 1.29 is 19.1 Å². The highest BCUT2D eigenvalue weighted by Crippen LogP contribution is 2.20. The number of nitrogens with one attached hydrogen (secondary N) is 4. The molecule has 0 aliphatic rings. The molecular formula is C20H29N5O4S2. The molecule has 2 aromatic rings. The maximum absolute atomic E-state index is 11.7. The summed E-state index contributed by atoms with van der Waals surface area (Å²) in [6.45, 7) is 7.18. The molecule has 0 fully saturated rings. The summed E-state index contributed by atoms with van der Waals surface area (Å²) in [6.07, 6.45) is 2.63. The Hall–Kier alpha value is -2.66. The molecule has 2 aromatic heterocycles. The lowest BCUT2D eigenvalue weighted by Gasteiger charge is -2.19. The van der Waals surface area contributed by atoms with Crippen molar-refractivity contribution in [1.82, 2.24) is 21.2 Å². The fourth-order valence-electron chi connectivity index (χ4n) is 2.52. The lowest BCUT2D eigenvalue weighted by Crippen LogP contribution is -2.48. The summed E-state index contributed by atoms with van der Waals surface area (Å²) in [5.41, 5.74) is 6.02. The molecule has 31 heavy (non-hydrogen) atoms. The molecule has 0 aliphatic carbocycles. The van der Waals surface area contributed by atoms with E-state index >= 15 is 0 Å². The average molecular weight is 468 g/mol. The average Bonchev–Trinajstić information content (AvgIpc) is 3.29. The first-order chi connectivity index (χ1) is 14.6. The van der Waals surface area contributed by atoms with Gasteiger partial charge >= 0.3 is 12.1 Å². The van der Waals surface area contributed by atoms with Crippen molar-refractivity contribution >= 4 is 45.8 Å². The monoisotopic (exact) mass is 467 g/mol. The van der Waals surface area contributed by atoms with Crippen LogP contribution in [0.25, 0.3) is 0 Å². The van der Waals surface area contributed by atoms with E-state index in [4.69, 9.17) is 4.74 Å². The van der Waals surface area contributed by atoms with Crippen LogP contribution in [-0.4, -0.2) is 35.2 Å². The number of carbonyl (C=O) groups is 3. The van der Waals surface area contributed by atoms with Gasteiger partial charge in [0.15, 0.2) is 5.13 Å². The Bertz CT molecular complexity index is 888. The van der Waals surface area contributed by atoms with Crippen molar-refractivity contribution in [3.8, 4) is 0 Å². The van der Waals surface area contributed by atoms with E-state index in [1.807, 2.05) is 5.38 Å². The first-order valence-corrected chi connectivity index (χ1v) is 11.7. The van der Waals surface area contributed by atoms with Gasteiger partial charge < -0.3 is 15.4 Å². The van der Waals surface area contributed by atoms with Gasteiger partial charge in [-0.25, -0.2) is 25.4 Å². The van der Waals surface area contributed by atoms with E-state index in [1.165, 1.54) is 28.7 Å². The summed E-state index contributed by atoms with van der Waals surface area (Å²) in [4.78, 5) is 39.9. The number of nitrogens with zero attached hydrogens (tertiary/aromatic N) is 1. The third-order valence-corrected chi connectivity index (χ3v) is 5.63. The number of aryl methyl sites for hydroxylation is 3. The van der Waals surface area contributed by atoms with Crippen LogP contribution in [0, 0.1) is 0 Å². The normalized spacial score (nSPS) is 11.0. The third kappa shape index (κ3) is 10.3. The van der Waals surface area contributed by atoms with Gasteiger partial charge in [0.25, 0.3) is 0 Å². The van der Waals surface area contributed by atoms with Gasteiger partial charge in [-0.1, -0.05) is 0 Å². The number of thiophene rings is 1. The van der Waals surface area contributed by atoms with E-state index in [2.05, 4.69) is 37.9 Å². The molecule has 4 amide bonds. The SMILES string of the molecule is CC(=O)Nc1nc(CCc2cc(CCCNC(=O)NNC(=O)OC(C)(C)C)cs2)cs1. The Morgan fingerprint density at radius 1 is 1.06 bits per heavy atom. The number of hydrazine groups is 1. The smallest absolute Gasteiger partial charge is 0.426 e. The summed E-state index contributed by atoms with van der Waals surface area (Å²) >= 11 is 3.14. The highest BCUT2D eigenvalue weighted by molar-refractivity contribution is 7.14. The second-order valence-corrected chi connectivity index (χ2v) is 9.71.